The minimum atomic E-state index is -1.05. The maximum atomic E-state index is 10.1. The van der Waals surface area contributed by atoms with E-state index >= 15 is 0 Å². The summed E-state index contributed by atoms with van der Waals surface area (Å²) in [6.07, 6.45) is -0.465. The summed E-state index contributed by atoms with van der Waals surface area (Å²) in [6.45, 7) is 1.59. The van der Waals surface area contributed by atoms with Crippen molar-refractivity contribution in [3.05, 3.63) is 0 Å². The number of hydrogen-bond acceptors (Lipinski definition) is 3. The van der Waals surface area contributed by atoms with Crippen LogP contribution in [0.1, 0.15) is 6.92 Å². The van der Waals surface area contributed by atoms with Crippen LogP contribution in [0.2, 0.25) is 0 Å². The minimum absolute atomic E-state index is 0.465. The second kappa shape index (κ2) is 3.77. The SMILES string of the molecule is CC(OP)C(N)C(=O)O. The number of nitrogens with two attached hydrogens (primary N) is 1. The van der Waals surface area contributed by atoms with Gasteiger partial charge < -0.3 is 15.4 Å². The Morgan fingerprint density at radius 3 is 2.44 bits per heavy atom. The molecule has 3 atom stereocenters. The lowest BCUT2D eigenvalue weighted by Gasteiger charge is -2.12. The molecule has 0 aliphatic carbocycles. The van der Waals surface area contributed by atoms with Gasteiger partial charge in [0.1, 0.15) is 6.04 Å². The standard InChI is InChI=1S/C4H10NO3P/c1-2(8-9)3(5)4(6)7/h2-3H,5,9H2,1H3,(H,6,7). The molecule has 0 aliphatic heterocycles. The van der Waals surface area contributed by atoms with Gasteiger partial charge in [0.2, 0.25) is 0 Å². The molecule has 5 heteroatoms. The summed E-state index contributed by atoms with van der Waals surface area (Å²) >= 11 is 0. The highest BCUT2D eigenvalue weighted by molar-refractivity contribution is 7.09. The summed E-state index contributed by atoms with van der Waals surface area (Å²) in [4.78, 5) is 10.1. The van der Waals surface area contributed by atoms with Crippen LogP contribution in [-0.2, 0) is 9.32 Å². The van der Waals surface area contributed by atoms with Crippen molar-refractivity contribution in [3.63, 3.8) is 0 Å². The first-order chi connectivity index (χ1) is 4.09. The van der Waals surface area contributed by atoms with Crippen LogP contribution in [0.5, 0.6) is 0 Å². The highest BCUT2D eigenvalue weighted by Gasteiger charge is 2.18. The molecule has 0 bridgehead atoms. The summed E-state index contributed by atoms with van der Waals surface area (Å²) in [5.41, 5.74) is 5.13. The van der Waals surface area contributed by atoms with Gasteiger partial charge in [-0.25, -0.2) is 0 Å². The second-order valence-electron chi connectivity index (χ2n) is 1.71. The van der Waals surface area contributed by atoms with E-state index in [1.165, 1.54) is 0 Å². The topological polar surface area (TPSA) is 72.5 Å². The molecule has 0 saturated heterocycles. The first-order valence-electron chi connectivity index (χ1n) is 2.43. The predicted octanol–water partition coefficient (Wildman–Crippen LogP) is -0.407. The lowest BCUT2D eigenvalue weighted by molar-refractivity contribution is -0.140. The summed E-state index contributed by atoms with van der Waals surface area (Å²) in [5.74, 6) is -1.05. The Morgan fingerprint density at radius 2 is 2.33 bits per heavy atom. The van der Waals surface area contributed by atoms with Gasteiger partial charge in [-0.2, -0.15) is 0 Å². The largest absolute Gasteiger partial charge is 0.480 e. The molecule has 0 saturated carbocycles. The molecule has 9 heavy (non-hydrogen) atoms. The molecule has 0 heterocycles. The van der Waals surface area contributed by atoms with E-state index in [4.69, 9.17) is 10.8 Å². The molecule has 0 radical (unpaired) electrons. The van der Waals surface area contributed by atoms with Crippen LogP contribution >= 0.6 is 9.47 Å². The van der Waals surface area contributed by atoms with Gasteiger partial charge in [-0.1, -0.05) is 0 Å². The van der Waals surface area contributed by atoms with Crippen LogP contribution in [0, 0.1) is 0 Å². The van der Waals surface area contributed by atoms with Crippen LogP contribution < -0.4 is 5.73 Å². The molecule has 0 aromatic heterocycles. The highest BCUT2D eigenvalue weighted by atomic mass is 31.0. The first-order valence-corrected chi connectivity index (χ1v) is 2.90. The summed E-state index contributed by atoms with van der Waals surface area (Å²) in [7, 11) is 1.96. The van der Waals surface area contributed by atoms with E-state index in [1.54, 1.807) is 6.92 Å². The van der Waals surface area contributed by atoms with Gasteiger partial charge in [-0.15, -0.1) is 0 Å². The van der Waals surface area contributed by atoms with E-state index < -0.39 is 18.1 Å². The van der Waals surface area contributed by atoms with Crippen LogP contribution in [0.25, 0.3) is 0 Å². The Hall–Kier alpha value is -0.180. The Morgan fingerprint density at radius 1 is 1.89 bits per heavy atom. The molecule has 54 valence electrons. The predicted molar refractivity (Wildman–Crippen MR) is 35.9 cm³/mol. The normalized spacial score (nSPS) is 16.8. The van der Waals surface area contributed by atoms with Gasteiger partial charge in [0.25, 0.3) is 0 Å². The highest BCUT2D eigenvalue weighted by Crippen LogP contribution is 2.00. The zero-order chi connectivity index (χ0) is 7.44. The van der Waals surface area contributed by atoms with E-state index in [0.29, 0.717) is 0 Å². The van der Waals surface area contributed by atoms with Gasteiger partial charge >= 0.3 is 5.97 Å². The minimum Gasteiger partial charge on any atom is -0.480 e. The molecule has 0 aromatic carbocycles. The molecule has 0 spiro atoms. The zero-order valence-electron chi connectivity index (χ0n) is 5.07. The van der Waals surface area contributed by atoms with Crippen LogP contribution in [-0.4, -0.2) is 23.2 Å². The quantitative estimate of drug-likeness (QED) is 0.538. The van der Waals surface area contributed by atoms with Crippen molar-refractivity contribution in [2.45, 2.75) is 19.1 Å². The summed E-state index contributed by atoms with van der Waals surface area (Å²) < 4.78 is 4.58. The van der Waals surface area contributed by atoms with Crippen LogP contribution in [0.4, 0.5) is 0 Å². The first kappa shape index (κ1) is 8.82. The fraction of sp³-hybridized carbons (Fsp3) is 0.750. The Kier molecular flexibility index (Phi) is 3.70. The second-order valence-corrected chi connectivity index (χ2v) is 1.98. The van der Waals surface area contributed by atoms with Crippen molar-refractivity contribution >= 4 is 15.4 Å². The monoisotopic (exact) mass is 151 g/mol. The molecular formula is C4H10NO3P. The smallest absolute Gasteiger partial charge is 0.323 e. The van der Waals surface area contributed by atoms with E-state index in [-0.39, 0.29) is 0 Å². The third-order valence-electron chi connectivity index (χ3n) is 1.01. The number of carboxylic acids is 1. The maximum absolute atomic E-state index is 10.1. The molecule has 3 unspecified atom stereocenters. The van der Waals surface area contributed by atoms with E-state index in [1.807, 2.05) is 9.47 Å². The third kappa shape index (κ3) is 2.75. The lowest BCUT2D eigenvalue weighted by Crippen LogP contribution is -2.40. The van der Waals surface area contributed by atoms with Crippen molar-refractivity contribution in [2.75, 3.05) is 0 Å². The van der Waals surface area contributed by atoms with Crippen molar-refractivity contribution in [1.29, 1.82) is 0 Å². The van der Waals surface area contributed by atoms with Crippen molar-refractivity contribution < 1.29 is 14.4 Å². The average Bonchev–Trinajstić information content (AvgIpc) is 1.84. The molecular weight excluding hydrogens is 141 g/mol. The van der Waals surface area contributed by atoms with Crippen molar-refractivity contribution in [1.82, 2.24) is 0 Å². The maximum Gasteiger partial charge on any atom is 0.323 e. The fourth-order valence-corrected chi connectivity index (χ4v) is 0.455. The van der Waals surface area contributed by atoms with Crippen LogP contribution in [0.15, 0.2) is 0 Å². The van der Waals surface area contributed by atoms with Gasteiger partial charge in [0.05, 0.1) is 6.10 Å². The van der Waals surface area contributed by atoms with Crippen molar-refractivity contribution in [3.8, 4) is 0 Å². The third-order valence-corrected chi connectivity index (χ3v) is 1.43. The zero-order valence-corrected chi connectivity index (χ0v) is 6.23. The Balaban J connectivity index is 3.72. The number of rotatable bonds is 3. The molecule has 3 N–H and O–H groups in total. The van der Waals surface area contributed by atoms with E-state index in [0.717, 1.165) is 0 Å². The molecule has 0 aromatic rings. The van der Waals surface area contributed by atoms with Gasteiger partial charge in [-0.05, 0) is 6.92 Å². The molecule has 4 nitrogen and oxygen atoms in total. The van der Waals surface area contributed by atoms with Gasteiger partial charge in [0.15, 0.2) is 0 Å². The van der Waals surface area contributed by atoms with E-state index in [9.17, 15) is 4.79 Å². The summed E-state index contributed by atoms with van der Waals surface area (Å²) in [6, 6.07) is -0.942. The van der Waals surface area contributed by atoms with Crippen LogP contribution in [0.3, 0.4) is 0 Å². The molecule has 0 amide bonds. The fourth-order valence-electron chi connectivity index (χ4n) is 0.285. The van der Waals surface area contributed by atoms with Gasteiger partial charge in [0, 0.05) is 9.47 Å². The molecule has 0 rings (SSSR count). The number of hydrogen-bond donors (Lipinski definition) is 2. The summed E-state index contributed by atoms with van der Waals surface area (Å²) in [5, 5.41) is 8.27. The van der Waals surface area contributed by atoms with Crippen molar-refractivity contribution in [2.24, 2.45) is 5.73 Å². The average molecular weight is 151 g/mol. The molecule has 0 fully saturated rings. The number of aliphatic carboxylic acids is 1. The van der Waals surface area contributed by atoms with Gasteiger partial charge in [-0.3, -0.25) is 4.79 Å². The van der Waals surface area contributed by atoms with E-state index in [2.05, 4.69) is 4.52 Å². The number of carboxylic acid groups (broad SMARTS) is 1. The Bertz CT molecular complexity index is 108. The molecule has 0 aliphatic rings. The Labute approximate surface area is 55.7 Å². The lowest BCUT2D eigenvalue weighted by atomic mass is 10.2. The number of carbonyl (C=O) groups is 1.